The summed E-state index contributed by atoms with van der Waals surface area (Å²) in [5.74, 6) is -0.397. The molecule has 13 heavy (non-hydrogen) atoms. The Morgan fingerprint density at radius 3 is 2.08 bits per heavy atom. The van der Waals surface area contributed by atoms with Gasteiger partial charge in [0.15, 0.2) is 0 Å². The number of hydrogen-bond donors (Lipinski definition) is 2. The third-order valence-corrected chi connectivity index (χ3v) is 2.27. The summed E-state index contributed by atoms with van der Waals surface area (Å²) < 4.78 is 36.3. The number of rotatable bonds is 1. The van der Waals surface area contributed by atoms with Gasteiger partial charge in [0.1, 0.15) is 6.04 Å². The minimum Gasteiger partial charge on any atom is -0.320 e. The molecule has 0 bridgehead atoms. The summed E-state index contributed by atoms with van der Waals surface area (Å²) in [7, 11) is 0. The first kappa shape index (κ1) is 13.0. The predicted octanol–water partition coefficient (Wildman–Crippen LogP) is 1.30. The van der Waals surface area contributed by atoms with Crippen LogP contribution in [-0.4, -0.2) is 25.3 Å². The Balaban J connectivity index is 0.00000144. The van der Waals surface area contributed by atoms with E-state index in [2.05, 4.69) is 5.32 Å². The van der Waals surface area contributed by atoms with Crippen LogP contribution < -0.4 is 11.1 Å². The van der Waals surface area contributed by atoms with Crippen molar-refractivity contribution in [3.05, 3.63) is 0 Å². The summed E-state index contributed by atoms with van der Waals surface area (Å²) in [5, 5.41) is 3.00. The topological polar surface area (TPSA) is 38.0 Å². The van der Waals surface area contributed by atoms with Crippen molar-refractivity contribution in [3.63, 3.8) is 0 Å². The number of piperidine rings is 1. The van der Waals surface area contributed by atoms with Crippen LogP contribution in [0.5, 0.6) is 0 Å². The summed E-state index contributed by atoms with van der Waals surface area (Å²) >= 11 is 0. The van der Waals surface area contributed by atoms with Gasteiger partial charge in [-0.25, -0.2) is 0 Å². The van der Waals surface area contributed by atoms with Gasteiger partial charge in [-0.05, 0) is 31.8 Å². The molecule has 1 atom stereocenters. The first-order valence-electron chi connectivity index (χ1n) is 4.05. The number of alkyl halides is 3. The SMILES string of the molecule is Cl.N[C@H](C1CCNCC1)C(F)(F)F. The van der Waals surface area contributed by atoms with E-state index in [0.717, 1.165) is 0 Å². The van der Waals surface area contributed by atoms with Crippen molar-refractivity contribution in [2.24, 2.45) is 11.7 Å². The lowest BCUT2D eigenvalue weighted by molar-refractivity contribution is -0.160. The van der Waals surface area contributed by atoms with Gasteiger partial charge in [0.25, 0.3) is 0 Å². The second kappa shape index (κ2) is 5.02. The molecule has 0 aromatic rings. The highest BCUT2D eigenvalue weighted by atomic mass is 35.5. The van der Waals surface area contributed by atoms with Gasteiger partial charge >= 0.3 is 6.18 Å². The standard InChI is InChI=1S/C7H13F3N2.ClH/c8-7(9,10)6(11)5-1-3-12-4-2-5;/h5-6,12H,1-4,11H2;1H/t6-;/m1./s1. The fourth-order valence-corrected chi connectivity index (χ4v) is 1.47. The minimum absolute atomic E-state index is 0. The summed E-state index contributed by atoms with van der Waals surface area (Å²) in [6, 6.07) is -1.64. The van der Waals surface area contributed by atoms with Gasteiger partial charge in [-0.3, -0.25) is 0 Å². The van der Waals surface area contributed by atoms with Crippen molar-refractivity contribution < 1.29 is 13.2 Å². The maximum Gasteiger partial charge on any atom is 0.403 e. The van der Waals surface area contributed by atoms with Crippen LogP contribution in [0.3, 0.4) is 0 Å². The molecule has 0 aromatic heterocycles. The number of halogens is 4. The van der Waals surface area contributed by atoms with Gasteiger partial charge in [0.05, 0.1) is 0 Å². The van der Waals surface area contributed by atoms with Gasteiger partial charge in [0.2, 0.25) is 0 Å². The second-order valence-electron chi connectivity index (χ2n) is 3.15. The van der Waals surface area contributed by atoms with Crippen molar-refractivity contribution in [2.75, 3.05) is 13.1 Å². The van der Waals surface area contributed by atoms with E-state index in [9.17, 15) is 13.2 Å². The van der Waals surface area contributed by atoms with Crippen LogP contribution in [0.1, 0.15) is 12.8 Å². The van der Waals surface area contributed by atoms with Gasteiger partial charge < -0.3 is 11.1 Å². The Hall–Kier alpha value is -0.0000000000000000555. The molecular weight excluding hydrogens is 205 g/mol. The summed E-state index contributed by atoms with van der Waals surface area (Å²) in [4.78, 5) is 0. The van der Waals surface area contributed by atoms with Crippen LogP contribution in [0.4, 0.5) is 13.2 Å². The third-order valence-electron chi connectivity index (χ3n) is 2.27. The summed E-state index contributed by atoms with van der Waals surface area (Å²) in [6.45, 7) is 1.29. The van der Waals surface area contributed by atoms with E-state index in [1.807, 2.05) is 0 Å². The number of hydrogen-bond acceptors (Lipinski definition) is 2. The van der Waals surface area contributed by atoms with E-state index >= 15 is 0 Å². The molecule has 1 saturated heterocycles. The highest BCUT2D eigenvalue weighted by Crippen LogP contribution is 2.28. The fourth-order valence-electron chi connectivity index (χ4n) is 1.47. The Bertz CT molecular complexity index is 145. The molecule has 0 aliphatic carbocycles. The average Bonchev–Trinajstić information content (AvgIpc) is 2.03. The van der Waals surface area contributed by atoms with E-state index in [1.165, 1.54) is 0 Å². The molecule has 80 valence electrons. The molecule has 0 saturated carbocycles. The van der Waals surface area contributed by atoms with Gasteiger partial charge in [-0.1, -0.05) is 0 Å². The van der Waals surface area contributed by atoms with Crippen molar-refractivity contribution in [3.8, 4) is 0 Å². The Kier molecular flexibility index (Phi) is 5.02. The molecule has 0 amide bonds. The van der Waals surface area contributed by atoms with E-state index < -0.39 is 18.1 Å². The molecule has 0 radical (unpaired) electrons. The van der Waals surface area contributed by atoms with E-state index in [4.69, 9.17) is 5.73 Å². The lowest BCUT2D eigenvalue weighted by atomic mass is 9.90. The molecule has 0 unspecified atom stereocenters. The van der Waals surface area contributed by atoms with E-state index in [1.54, 1.807) is 0 Å². The highest BCUT2D eigenvalue weighted by molar-refractivity contribution is 5.85. The molecule has 1 fully saturated rings. The van der Waals surface area contributed by atoms with Crippen molar-refractivity contribution in [2.45, 2.75) is 25.1 Å². The lowest BCUT2D eigenvalue weighted by Gasteiger charge is -2.29. The van der Waals surface area contributed by atoms with Crippen molar-refractivity contribution >= 4 is 12.4 Å². The molecule has 6 heteroatoms. The van der Waals surface area contributed by atoms with Crippen LogP contribution in [0.15, 0.2) is 0 Å². The van der Waals surface area contributed by atoms with Crippen LogP contribution >= 0.6 is 12.4 Å². The van der Waals surface area contributed by atoms with Gasteiger partial charge in [0, 0.05) is 0 Å². The molecule has 2 nitrogen and oxygen atoms in total. The third kappa shape index (κ3) is 3.70. The molecule has 1 heterocycles. The van der Waals surface area contributed by atoms with E-state index in [-0.39, 0.29) is 12.4 Å². The van der Waals surface area contributed by atoms with Crippen LogP contribution in [0.2, 0.25) is 0 Å². The number of nitrogens with two attached hydrogens (primary N) is 1. The summed E-state index contributed by atoms with van der Waals surface area (Å²) in [6.07, 6.45) is -3.18. The van der Waals surface area contributed by atoms with Gasteiger partial charge in [-0.15, -0.1) is 12.4 Å². The molecule has 3 N–H and O–H groups in total. The highest BCUT2D eigenvalue weighted by Gasteiger charge is 2.41. The van der Waals surface area contributed by atoms with Crippen molar-refractivity contribution in [1.29, 1.82) is 0 Å². The van der Waals surface area contributed by atoms with Gasteiger partial charge in [-0.2, -0.15) is 13.2 Å². The van der Waals surface area contributed by atoms with Crippen LogP contribution in [-0.2, 0) is 0 Å². The molecule has 1 aliphatic rings. The molecule has 0 aromatic carbocycles. The molecule has 1 aliphatic heterocycles. The smallest absolute Gasteiger partial charge is 0.320 e. The maximum absolute atomic E-state index is 12.1. The number of nitrogens with one attached hydrogen (secondary N) is 1. The zero-order chi connectivity index (χ0) is 9.19. The monoisotopic (exact) mass is 218 g/mol. The second-order valence-corrected chi connectivity index (χ2v) is 3.15. The quantitative estimate of drug-likeness (QED) is 0.696. The zero-order valence-corrected chi connectivity index (χ0v) is 7.92. The first-order valence-corrected chi connectivity index (χ1v) is 4.05. The van der Waals surface area contributed by atoms with Crippen molar-refractivity contribution in [1.82, 2.24) is 5.32 Å². The normalized spacial score (nSPS) is 22.2. The van der Waals surface area contributed by atoms with Crippen LogP contribution in [0.25, 0.3) is 0 Å². The molecular formula is C7H14ClF3N2. The first-order chi connectivity index (χ1) is 5.52. The molecule has 1 rings (SSSR count). The average molecular weight is 219 g/mol. The minimum atomic E-state index is -4.23. The maximum atomic E-state index is 12.1. The lowest BCUT2D eigenvalue weighted by Crippen LogP contribution is -2.47. The predicted molar refractivity (Wildman–Crippen MR) is 46.9 cm³/mol. The largest absolute Gasteiger partial charge is 0.403 e. The zero-order valence-electron chi connectivity index (χ0n) is 7.10. The Labute approximate surface area is 81.5 Å². The Morgan fingerprint density at radius 2 is 1.69 bits per heavy atom. The Morgan fingerprint density at radius 1 is 1.23 bits per heavy atom. The van der Waals surface area contributed by atoms with Crippen LogP contribution in [0, 0.1) is 5.92 Å². The van der Waals surface area contributed by atoms with E-state index in [0.29, 0.717) is 25.9 Å². The molecule has 0 spiro atoms. The fraction of sp³-hybridized carbons (Fsp3) is 1.00. The summed E-state index contributed by atoms with van der Waals surface area (Å²) in [5.41, 5.74) is 5.07.